The maximum Gasteiger partial charge on any atom is 0.435 e. The first-order valence-electron chi connectivity index (χ1n) is 11.9. The van der Waals surface area contributed by atoms with E-state index in [1.54, 1.807) is 40.6 Å². The van der Waals surface area contributed by atoms with E-state index in [-0.39, 0.29) is 35.0 Å². The van der Waals surface area contributed by atoms with Crippen LogP contribution in [0.15, 0.2) is 46.9 Å². The van der Waals surface area contributed by atoms with Crippen molar-refractivity contribution in [3.63, 3.8) is 0 Å². The second-order valence-electron chi connectivity index (χ2n) is 9.13. The summed E-state index contributed by atoms with van der Waals surface area (Å²) in [5.41, 5.74) is 0.133. The van der Waals surface area contributed by atoms with Crippen molar-refractivity contribution < 1.29 is 26.4 Å². The molecule has 1 fully saturated rings. The van der Waals surface area contributed by atoms with Gasteiger partial charge in [0, 0.05) is 30.1 Å². The third kappa shape index (κ3) is 5.85. The Bertz CT molecular complexity index is 1570. The Morgan fingerprint density at radius 3 is 2.54 bits per heavy atom. The number of piperidine rings is 1. The quantitative estimate of drug-likeness (QED) is 0.326. The number of amides is 1. The van der Waals surface area contributed by atoms with E-state index in [1.807, 2.05) is 0 Å². The number of halogens is 3. The van der Waals surface area contributed by atoms with Crippen molar-refractivity contribution >= 4 is 27.1 Å². The monoisotopic (exact) mass is 580 g/mol. The number of likely N-dealkylation sites (tertiary alicyclic amines) is 1. The van der Waals surface area contributed by atoms with Gasteiger partial charge >= 0.3 is 6.18 Å². The fourth-order valence-electron chi connectivity index (χ4n) is 4.35. The van der Waals surface area contributed by atoms with Gasteiger partial charge in [-0.3, -0.25) is 9.48 Å². The molecule has 1 amide bonds. The van der Waals surface area contributed by atoms with Crippen molar-refractivity contribution in [1.29, 1.82) is 0 Å². The number of carbonyl (C=O) groups excluding carboxylic acids is 1. The first-order chi connectivity index (χ1) is 18.5. The number of aromatic nitrogens is 7. The molecule has 1 saturated heterocycles. The molecule has 0 saturated carbocycles. The molecule has 0 N–H and O–H groups in total. The molecule has 0 aliphatic carbocycles. The molecule has 0 radical (unpaired) electrons. The van der Waals surface area contributed by atoms with E-state index in [1.165, 1.54) is 22.9 Å². The van der Waals surface area contributed by atoms with Gasteiger partial charge in [-0.2, -0.15) is 23.0 Å². The van der Waals surface area contributed by atoms with Crippen LogP contribution in [0.1, 0.15) is 40.8 Å². The van der Waals surface area contributed by atoms with Gasteiger partial charge in [-0.15, -0.1) is 11.3 Å². The van der Waals surface area contributed by atoms with Crippen molar-refractivity contribution in [2.24, 2.45) is 0 Å². The molecule has 206 valence electrons. The second-order valence-corrected chi connectivity index (χ2v) is 11.9. The molecular formula is C23H23F3N8O3S2. The Hall–Kier alpha value is -3.66. The fourth-order valence-corrected chi connectivity index (χ4v) is 6.68. The average molecular weight is 581 g/mol. The Balaban J connectivity index is 1.19. The van der Waals surface area contributed by atoms with Crippen molar-refractivity contribution in [3.8, 4) is 5.69 Å². The molecule has 1 aliphatic rings. The third-order valence-electron chi connectivity index (χ3n) is 6.38. The number of hydrogen-bond acceptors (Lipinski definition) is 9. The average Bonchev–Trinajstić information content (AvgIpc) is 3.65. The van der Waals surface area contributed by atoms with Gasteiger partial charge in [-0.05, 0) is 48.4 Å². The molecule has 0 unspecified atom stereocenters. The highest BCUT2D eigenvalue weighted by molar-refractivity contribution is 7.90. The van der Waals surface area contributed by atoms with Crippen molar-refractivity contribution in [2.75, 3.05) is 13.1 Å². The fraction of sp³-hybridized carbons (Fsp3) is 0.391. The molecule has 4 aromatic rings. The standard InChI is InChI=1S/C23H23F3N8O3S2/c1-15-11-19(23(24,25)26)29-33(15)12-20(35)32-9-7-16(8-10-32)21-27-17(13-38-21)14-39(36,37)22-28-30-31-34(22)18-5-3-2-4-6-18/h2-6,11,13,16H,7-10,12,14H2,1H3. The molecule has 0 bridgehead atoms. The van der Waals surface area contributed by atoms with Crippen LogP contribution in [-0.2, 0) is 33.1 Å². The molecular weight excluding hydrogens is 557 g/mol. The summed E-state index contributed by atoms with van der Waals surface area (Å²) in [6, 6.07) is 9.61. The van der Waals surface area contributed by atoms with Gasteiger partial charge in [0.2, 0.25) is 15.7 Å². The third-order valence-corrected chi connectivity index (χ3v) is 8.92. The minimum Gasteiger partial charge on any atom is -0.341 e. The number of para-hydroxylation sites is 1. The van der Waals surface area contributed by atoms with Gasteiger partial charge in [-0.25, -0.2) is 13.4 Å². The van der Waals surface area contributed by atoms with Crippen LogP contribution in [0.5, 0.6) is 0 Å². The number of carbonyl (C=O) groups is 1. The lowest BCUT2D eigenvalue weighted by Gasteiger charge is -2.31. The molecule has 1 aliphatic heterocycles. The molecule has 11 nitrogen and oxygen atoms in total. The summed E-state index contributed by atoms with van der Waals surface area (Å²) in [7, 11) is -3.89. The second kappa shape index (κ2) is 10.5. The van der Waals surface area contributed by atoms with Crippen molar-refractivity contribution in [3.05, 3.63) is 63.9 Å². The molecule has 1 aromatic carbocycles. The minimum atomic E-state index is -4.57. The first kappa shape index (κ1) is 26.9. The number of sulfone groups is 1. The normalized spacial score (nSPS) is 15.1. The molecule has 3 aromatic heterocycles. The highest BCUT2D eigenvalue weighted by Gasteiger charge is 2.35. The summed E-state index contributed by atoms with van der Waals surface area (Å²) >= 11 is 1.36. The van der Waals surface area contributed by atoms with E-state index in [0.717, 1.165) is 15.8 Å². The van der Waals surface area contributed by atoms with Gasteiger partial charge in [0.15, 0.2) is 5.69 Å². The van der Waals surface area contributed by atoms with E-state index in [2.05, 4.69) is 25.6 Å². The number of hydrogen-bond donors (Lipinski definition) is 0. The van der Waals surface area contributed by atoms with Gasteiger partial charge < -0.3 is 4.90 Å². The summed E-state index contributed by atoms with van der Waals surface area (Å²) < 4.78 is 67.1. The number of thiazole rings is 1. The summed E-state index contributed by atoms with van der Waals surface area (Å²) in [5.74, 6) is -0.638. The molecule has 4 heterocycles. The van der Waals surface area contributed by atoms with E-state index in [9.17, 15) is 26.4 Å². The maximum absolute atomic E-state index is 13.1. The Labute approximate surface area is 225 Å². The number of benzene rings is 1. The van der Waals surface area contributed by atoms with E-state index in [4.69, 9.17) is 0 Å². The molecule has 39 heavy (non-hydrogen) atoms. The Morgan fingerprint density at radius 2 is 1.87 bits per heavy atom. The lowest BCUT2D eigenvalue weighted by molar-refractivity contribution is -0.142. The summed E-state index contributed by atoms with van der Waals surface area (Å²) in [6.45, 7) is 2.03. The topological polar surface area (TPSA) is 129 Å². The van der Waals surface area contributed by atoms with E-state index >= 15 is 0 Å². The minimum absolute atomic E-state index is 0.0356. The zero-order valence-electron chi connectivity index (χ0n) is 20.6. The number of aryl methyl sites for hydroxylation is 1. The number of alkyl halides is 3. The van der Waals surface area contributed by atoms with Crippen LogP contribution in [0.3, 0.4) is 0 Å². The highest BCUT2D eigenvalue weighted by Crippen LogP contribution is 2.32. The first-order valence-corrected chi connectivity index (χ1v) is 14.4. The van der Waals surface area contributed by atoms with Crippen LogP contribution in [0, 0.1) is 6.92 Å². The highest BCUT2D eigenvalue weighted by atomic mass is 32.2. The number of tetrazole rings is 1. The Morgan fingerprint density at radius 1 is 1.15 bits per heavy atom. The lowest BCUT2D eigenvalue weighted by Crippen LogP contribution is -2.40. The van der Waals surface area contributed by atoms with Crippen LogP contribution in [0.25, 0.3) is 5.69 Å². The zero-order chi connectivity index (χ0) is 27.8. The summed E-state index contributed by atoms with van der Waals surface area (Å²) in [4.78, 5) is 18.9. The predicted molar refractivity (Wildman–Crippen MR) is 133 cm³/mol. The van der Waals surface area contributed by atoms with Crippen LogP contribution in [0.2, 0.25) is 0 Å². The van der Waals surface area contributed by atoms with Gasteiger partial charge in [0.05, 0.1) is 16.4 Å². The van der Waals surface area contributed by atoms with Crippen LogP contribution < -0.4 is 0 Å². The number of rotatable bonds is 7. The molecule has 16 heteroatoms. The molecule has 5 rings (SSSR count). The van der Waals surface area contributed by atoms with Gasteiger partial charge in [0.1, 0.15) is 12.3 Å². The maximum atomic E-state index is 13.1. The zero-order valence-corrected chi connectivity index (χ0v) is 22.2. The van der Waals surface area contributed by atoms with E-state index in [0.29, 0.717) is 37.3 Å². The van der Waals surface area contributed by atoms with Crippen LogP contribution in [0.4, 0.5) is 13.2 Å². The summed E-state index contributed by atoms with van der Waals surface area (Å²) in [6.07, 6.45) is -3.37. The SMILES string of the molecule is Cc1cc(C(F)(F)F)nn1CC(=O)N1CCC(c2nc(CS(=O)(=O)c3nnnn3-c3ccccc3)cs2)CC1. The smallest absolute Gasteiger partial charge is 0.341 e. The number of nitrogens with zero attached hydrogens (tertiary/aromatic N) is 8. The van der Waals surface area contributed by atoms with Gasteiger partial charge in [0.25, 0.3) is 5.16 Å². The summed E-state index contributed by atoms with van der Waals surface area (Å²) in [5, 5.41) is 16.8. The Kier molecular flexibility index (Phi) is 7.24. The van der Waals surface area contributed by atoms with Crippen molar-refractivity contribution in [1.82, 2.24) is 39.9 Å². The van der Waals surface area contributed by atoms with Crippen molar-refractivity contribution in [2.45, 2.75) is 49.3 Å². The molecule has 0 spiro atoms. The molecule has 0 atom stereocenters. The van der Waals surface area contributed by atoms with Crippen LogP contribution in [-0.4, -0.2) is 67.3 Å². The van der Waals surface area contributed by atoms with E-state index < -0.39 is 21.7 Å². The lowest BCUT2D eigenvalue weighted by atomic mass is 9.97. The van der Waals surface area contributed by atoms with Gasteiger partial charge in [-0.1, -0.05) is 23.3 Å². The largest absolute Gasteiger partial charge is 0.435 e. The predicted octanol–water partition coefficient (Wildman–Crippen LogP) is 3.02. The van der Waals surface area contributed by atoms with Crippen LogP contribution >= 0.6 is 11.3 Å².